The third kappa shape index (κ3) is 4.37. The lowest BCUT2D eigenvalue weighted by molar-refractivity contribution is -0.122. The van der Waals surface area contributed by atoms with Crippen molar-refractivity contribution in [1.82, 2.24) is 0 Å². The predicted molar refractivity (Wildman–Crippen MR) is 102 cm³/mol. The molecule has 1 aliphatic rings. The lowest BCUT2D eigenvalue weighted by Gasteiger charge is -2.33. The van der Waals surface area contributed by atoms with Crippen molar-refractivity contribution in [3.8, 4) is 5.75 Å². The van der Waals surface area contributed by atoms with Crippen molar-refractivity contribution in [2.24, 2.45) is 0 Å². The van der Waals surface area contributed by atoms with E-state index in [1.807, 2.05) is 0 Å². The van der Waals surface area contributed by atoms with Crippen molar-refractivity contribution < 1.29 is 22.7 Å². The summed E-state index contributed by atoms with van der Waals surface area (Å²) in [4.78, 5) is 23.6. The fourth-order valence-electron chi connectivity index (χ4n) is 2.72. The molecule has 9 heteroatoms. The molecule has 0 bridgehead atoms. The summed E-state index contributed by atoms with van der Waals surface area (Å²) < 4.78 is 31.1. The fraction of sp³-hybridized carbons (Fsp3) is 0.222. The molecule has 27 heavy (non-hydrogen) atoms. The SMILES string of the molecule is CC(=O)Nc1ccc(NC(=O)[C@@H]2CN(S(C)(=O)=O)c3ccccc3O2)cc1. The summed E-state index contributed by atoms with van der Waals surface area (Å²) in [5.41, 5.74) is 1.51. The number of anilines is 3. The molecule has 2 aromatic carbocycles. The minimum Gasteiger partial charge on any atom is -0.476 e. The molecule has 0 fully saturated rings. The zero-order valence-electron chi connectivity index (χ0n) is 14.8. The van der Waals surface area contributed by atoms with Gasteiger partial charge in [-0.3, -0.25) is 13.9 Å². The first-order valence-corrected chi connectivity index (χ1v) is 10.0. The number of amides is 2. The van der Waals surface area contributed by atoms with Crippen LogP contribution in [0.1, 0.15) is 6.92 Å². The standard InChI is InChI=1S/C18H19N3O5S/c1-12(22)19-13-7-9-14(10-8-13)20-18(23)17-11-21(27(2,24)25)15-5-3-4-6-16(15)26-17/h3-10,17H,11H2,1-2H3,(H,19,22)(H,20,23)/t17-/m0/s1. The number of sulfonamides is 1. The van der Waals surface area contributed by atoms with Crippen LogP contribution in [-0.4, -0.2) is 39.1 Å². The van der Waals surface area contributed by atoms with Crippen LogP contribution in [0.5, 0.6) is 5.75 Å². The number of nitrogens with one attached hydrogen (secondary N) is 2. The molecular weight excluding hydrogens is 370 g/mol. The van der Waals surface area contributed by atoms with Crippen molar-refractivity contribution in [2.75, 3.05) is 27.7 Å². The highest BCUT2D eigenvalue weighted by molar-refractivity contribution is 7.92. The third-order valence-corrected chi connectivity index (χ3v) is 5.05. The summed E-state index contributed by atoms with van der Waals surface area (Å²) >= 11 is 0. The number of carbonyl (C=O) groups excluding carboxylic acids is 2. The van der Waals surface area contributed by atoms with Gasteiger partial charge in [0.25, 0.3) is 5.91 Å². The van der Waals surface area contributed by atoms with Crippen LogP contribution in [0.2, 0.25) is 0 Å². The average molecular weight is 389 g/mol. The van der Waals surface area contributed by atoms with Gasteiger partial charge >= 0.3 is 0 Å². The van der Waals surface area contributed by atoms with Gasteiger partial charge in [0.15, 0.2) is 6.10 Å². The highest BCUT2D eigenvalue weighted by Gasteiger charge is 2.34. The van der Waals surface area contributed by atoms with E-state index in [4.69, 9.17) is 4.74 Å². The highest BCUT2D eigenvalue weighted by Crippen LogP contribution is 2.34. The van der Waals surface area contributed by atoms with Crippen LogP contribution < -0.4 is 19.7 Å². The van der Waals surface area contributed by atoms with Crippen molar-refractivity contribution in [3.63, 3.8) is 0 Å². The molecule has 0 saturated carbocycles. The Hall–Kier alpha value is -3.07. The molecule has 0 unspecified atom stereocenters. The predicted octanol–water partition coefficient (Wildman–Crippen LogP) is 1.81. The van der Waals surface area contributed by atoms with E-state index in [-0.39, 0.29) is 12.5 Å². The van der Waals surface area contributed by atoms with Gasteiger partial charge in [0.1, 0.15) is 5.75 Å². The van der Waals surface area contributed by atoms with Crippen LogP contribution >= 0.6 is 0 Å². The fourth-order valence-corrected chi connectivity index (χ4v) is 3.63. The van der Waals surface area contributed by atoms with Crippen LogP contribution in [-0.2, 0) is 19.6 Å². The Bertz CT molecular complexity index is 973. The molecule has 0 saturated heterocycles. The lowest BCUT2D eigenvalue weighted by atomic mass is 10.2. The second kappa shape index (κ2) is 7.28. The maximum Gasteiger partial charge on any atom is 0.267 e. The molecule has 0 radical (unpaired) electrons. The molecule has 2 amide bonds. The van der Waals surface area contributed by atoms with Gasteiger partial charge in [-0.2, -0.15) is 0 Å². The van der Waals surface area contributed by atoms with Crippen molar-refractivity contribution in [1.29, 1.82) is 0 Å². The number of hydrogen-bond donors (Lipinski definition) is 2. The van der Waals surface area contributed by atoms with Gasteiger partial charge in [-0.05, 0) is 36.4 Å². The van der Waals surface area contributed by atoms with Crippen LogP contribution in [0, 0.1) is 0 Å². The van der Waals surface area contributed by atoms with E-state index >= 15 is 0 Å². The molecule has 3 rings (SSSR count). The first-order chi connectivity index (χ1) is 12.7. The lowest BCUT2D eigenvalue weighted by Crippen LogP contribution is -2.48. The normalized spacial score (nSPS) is 16.1. The highest BCUT2D eigenvalue weighted by atomic mass is 32.2. The van der Waals surface area contributed by atoms with Gasteiger partial charge in [0, 0.05) is 18.3 Å². The monoisotopic (exact) mass is 389 g/mol. The molecule has 0 aliphatic carbocycles. The van der Waals surface area contributed by atoms with Gasteiger partial charge in [-0.15, -0.1) is 0 Å². The molecule has 142 valence electrons. The van der Waals surface area contributed by atoms with Gasteiger partial charge in [-0.25, -0.2) is 8.42 Å². The Morgan fingerprint density at radius 2 is 1.63 bits per heavy atom. The van der Waals surface area contributed by atoms with Crippen molar-refractivity contribution in [3.05, 3.63) is 48.5 Å². The Kier molecular flexibility index (Phi) is 5.04. The van der Waals surface area contributed by atoms with Gasteiger partial charge in [0.05, 0.1) is 18.5 Å². The number of para-hydroxylation sites is 2. The zero-order chi connectivity index (χ0) is 19.6. The van der Waals surface area contributed by atoms with Gasteiger partial charge in [-0.1, -0.05) is 12.1 Å². The summed E-state index contributed by atoms with van der Waals surface area (Å²) in [6.07, 6.45) is 0.0924. The first-order valence-electron chi connectivity index (χ1n) is 8.16. The average Bonchev–Trinajstić information content (AvgIpc) is 2.61. The van der Waals surface area contributed by atoms with E-state index in [1.54, 1.807) is 48.5 Å². The largest absolute Gasteiger partial charge is 0.476 e. The molecule has 0 aromatic heterocycles. The van der Waals surface area contributed by atoms with Crippen LogP contribution in [0.25, 0.3) is 0 Å². The molecule has 2 N–H and O–H groups in total. The van der Waals surface area contributed by atoms with Crippen molar-refractivity contribution in [2.45, 2.75) is 13.0 Å². The maximum atomic E-state index is 12.6. The third-order valence-electron chi connectivity index (χ3n) is 3.90. The van der Waals surface area contributed by atoms with E-state index in [0.29, 0.717) is 22.8 Å². The van der Waals surface area contributed by atoms with Crippen LogP contribution in [0.15, 0.2) is 48.5 Å². The number of carbonyl (C=O) groups is 2. The van der Waals surface area contributed by atoms with E-state index < -0.39 is 22.0 Å². The van der Waals surface area contributed by atoms with Crippen LogP contribution in [0.3, 0.4) is 0 Å². The Balaban J connectivity index is 1.76. The molecule has 1 heterocycles. The van der Waals surface area contributed by atoms with E-state index in [2.05, 4.69) is 10.6 Å². The summed E-state index contributed by atoms with van der Waals surface area (Å²) in [6, 6.07) is 13.2. The van der Waals surface area contributed by atoms with Gasteiger partial charge < -0.3 is 15.4 Å². The van der Waals surface area contributed by atoms with Gasteiger partial charge in [0.2, 0.25) is 15.9 Å². The van der Waals surface area contributed by atoms with E-state index in [0.717, 1.165) is 10.6 Å². The van der Waals surface area contributed by atoms with E-state index in [1.165, 1.54) is 6.92 Å². The number of benzene rings is 2. The summed E-state index contributed by atoms with van der Waals surface area (Å²) in [5.74, 6) is -0.331. The molecule has 8 nitrogen and oxygen atoms in total. The number of fused-ring (bicyclic) bond motifs is 1. The topological polar surface area (TPSA) is 105 Å². The summed E-state index contributed by atoms with van der Waals surface area (Å²) in [6.45, 7) is 1.28. The molecular formula is C18H19N3O5S. The zero-order valence-corrected chi connectivity index (χ0v) is 15.6. The molecule has 2 aromatic rings. The smallest absolute Gasteiger partial charge is 0.267 e. The number of hydrogen-bond acceptors (Lipinski definition) is 5. The second-order valence-corrected chi connectivity index (χ2v) is 8.02. The Morgan fingerprint density at radius 1 is 1.04 bits per heavy atom. The van der Waals surface area contributed by atoms with Crippen LogP contribution in [0.4, 0.5) is 17.1 Å². The number of nitrogens with zero attached hydrogens (tertiary/aromatic N) is 1. The first kappa shape index (κ1) is 18.7. The maximum absolute atomic E-state index is 12.6. The second-order valence-electron chi connectivity index (χ2n) is 6.12. The number of rotatable bonds is 4. The Morgan fingerprint density at radius 3 is 2.22 bits per heavy atom. The molecule has 1 aliphatic heterocycles. The summed E-state index contributed by atoms with van der Waals surface area (Å²) in [7, 11) is -3.56. The minimum atomic E-state index is -3.56. The number of ether oxygens (including phenoxy) is 1. The Labute approximate surface area is 157 Å². The summed E-state index contributed by atoms with van der Waals surface area (Å²) in [5, 5.41) is 5.33. The minimum absolute atomic E-state index is 0.119. The molecule has 1 atom stereocenters. The van der Waals surface area contributed by atoms with Crippen molar-refractivity contribution >= 4 is 38.9 Å². The quantitative estimate of drug-likeness (QED) is 0.830. The van der Waals surface area contributed by atoms with E-state index in [9.17, 15) is 18.0 Å². The molecule has 0 spiro atoms.